The monoisotopic (exact) mass is 200 g/mol. The van der Waals surface area contributed by atoms with Crippen molar-refractivity contribution >= 4 is 5.91 Å². The molecule has 2 unspecified atom stereocenters. The topological polar surface area (TPSA) is 41.6 Å². The maximum absolute atomic E-state index is 11.6. The molecule has 2 atom stereocenters. The molecule has 0 aromatic heterocycles. The Kier molecular flexibility index (Phi) is 3.50. The number of carbonyl (C=O) groups excluding carboxylic acids is 1. The summed E-state index contributed by atoms with van der Waals surface area (Å²) in [5.74, 6) is 0.109. The summed E-state index contributed by atoms with van der Waals surface area (Å²) in [7, 11) is 3.54. The zero-order valence-electron chi connectivity index (χ0n) is 9.46. The van der Waals surface area contributed by atoms with Gasteiger partial charge in [0.05, 0.1) is 12.6 Å². The molecule has 4 heteroatoms. The van der Waals surface area contributed by atoms with E-state index in [1.165, 1.54) is 0 Å². The quantitative estimate of drug-likeness (QED) is 0.709. The number of rotatable bonds is 3. The third-order valence-electron chi connectivity index (χ3n) is 2.59. The van der Waals surface area contributed by atoms with Crippen LogP contribution in [0.25, 0.3) is 0 Å². The minimum Gasteiger partial charge on any atom is -0.379 e. The Balaban J connectivity index is 2.47. The average molecular weight is 200 g/mol. The van der Waals surface area contributed by atoms with Crippen LogP contribution in [0.1, 0.15) is 20.3 Å². The van der Waals surface area contributed by atoms with Gasteiger partial charge in [-0.15, -0.1) is 0 Å². The number of likely N-dealkylation sites (N-methyl/N-ethyl adjacent to an activating group) is 1. The Labute approximate surface area is 85.6 Å². The predicted molar refractivity (Wildman–Crippen MR) is 55.1 cm³/mol. The van der Waals surface area contributed by atoms with Crippen molar-refractivity contribution in [1.82, 2.24) is 10.2 Å². The summed E-state index contributed by atoms with van der Waals surface area (Å²) in [6, 6.07) is -0.142. The molecule has 0 bridgehead atoms. The Morgan fingerprint density at radius 1 is 1.57 bits per heavy atom. The second-order valence-corrected chi connectivity index (χ2v) is 4.46. The summed E-state index contributed by atoms with van der Waals surface area (Å²) in [5, 5.41) is 3.32. The number of nitrogens with zero attached hydrogens (tertiary/aromatic N) is 1. The highest BCUT2D eigenvalue weighted by molar-refractivity contribution is 5.81. The van der Waals surface area contributed by atoms with Crippen molar-refractivity contribution in [2.24, 2.45) is 0 Å². The highest BCUT2D eigenvalue weighted by Crippen LogP contribution is 2.18. The largest absolute Gasteiger partial charge is 0.379 e. The first-order valence-electron chi connectivity index (χ1n) is 5.01. The van der Waals surface area contributed by atoms with E-state index in [1.54, 1.807) is 19.0 Å². The fraction of sp³-hybridized carbons (Fsp3) is 0.900. The number of ether oxygens (including phenoxy) is 1. The van der Waals surface area contributed by atoms with Gasteiger partial charge < -0.3 is 9.64 Å². The molecule has 1 aliphatic rings. The molecular weight excluding hydrogens is 180 g/mol. The van der Waals surface area contributed by atoms with E-state index in [2.05, 4.69) is 12.2 Å². The van der Waals surface area contributed by atoms with Gasteiger partial charge in [-0.3, -0.25) is 10.1 Å². The third-order valence-corrected chi connectivity index (χ3v) is 2.59. The molecule has 0 aromatic rings. The zero-order valence-corrected chi connectivity index (χ0v) is 9.46. The van der Waals surface area contributed by atoms with Gasteiger partial charge in [0.2, 0.25) is 5.91 Å². The van der Waals surface area contributed by atoms with E-state index in [1.807, 2.05) is 6.92 Å². The van der Waals surface area contributed by atoms with E-state index < -0.39 is 0 Å². The Bertz CT molecular complexity index is 210. The number of hydrogen-bond acceptors (Lipinski definition) is 3. The van der Waals surface area contributed by atoms with Gasteiger partial charge in [-0.05, 0) is 20.3 Å². The maximum atomic E-state index is 11.6. The second-order valence-electron chi connectivity index (χ2n) is 4.46. The highest BCUT2D eigenvalue weighted by atomic mass is 16.5. The van der Waals surface area contributed by atoms with Crippen molar-refractivity contribution in [2.45, 2.75) is 31.8 Å². The lowest BCUT2D eigenvalue weighted by atomic mass is 10.0. The van der Waals surface area contributed by atoms with Crippen LogP contribution in [0, 0.1) is 0 Å². The standard InChI is InChI=1S/C10H20N2O2/c1-8(9(13)12(3)4)11-10(2)5-6-14-7-10/h8,11H,5-7H2,1-4H3. The molecule has 0 aliphatic carbocycles. The molecular formula is C10H20N2O2. The average Bonchev–Trinajstić information content (AvgIpc) is 2.50. The molecule has 1 fully saturated rings. The van der Waals surface area contributed by atoms with Gasteiger partial charge in [0.1, 0.15) is 0 Å². The minimum atomic E-state index is -0.142. The first-order valence-corrected chi connectivity index (χ1v) is 5.01. The number of amides is 1. The fourth-order valence-corrected chi connectivity index (χ4v) is 1.75. The summed E-state index contributed by atoms with van der Waals surface area (Å²) in [5.41, 5.74) is -0.0366. The molecule has 0 aromatic carbocycles. The van der Waals surface area contributed by atoms with E-state index in [0.29, 0.717) is 6.61 Å². The van der Waals surface area contributed by atoms with Gasteiger partial charge in [-0.25, -0.2) is 0 Å². The van der Waals surface area contributed by atoms with Crippen molar-refractivity contribution in [2.75, 3.05) is 27.3 Å². The first kappa shape index (κ1) is 11.5. The summed E-state index contributed by atoms with van der Waals surface area (Å²) < 4.78 is 5.31. The molecule has 0 radical (unpaired) electrons. The maximum Gasteiger partial charge on any atom is 0.238 e. The molecule has 1 heterocycles. The number of hydrogen-bond donors (Lipinski definition) is 1. The summed E-state index contributed by atoms with van der Waals surface area (Å²) in [6.45, 7) is 5.47. The van der Waals surface area contributed by atoms with E-state index in [4.69, 9.17) is 4.74 Å². The molecule has 0 spiro atoms. The van der Waals surface area contributed by atoms with Gasteiger partial charge >= 0.3 is 0 Å². The molecule has 4 nitrogen and oxygen atoms in total. The summed E-state index contributed by atoms with van der Waals surface area (Å²) in [4.78, 5) is 13.2. The summed E-state index contributed by atoms with van der Waals surface area (Å²) in [6.07, 6.45) is 0.970. The van der Waals surface area contributed by atoms with Crippen LogP contribution in [-0.4, -0.2) is 49.7 Å². The molecule has 82 valence electrons. The van der Waals surface area contributed by atoms with Gasteiger partial charge in [-0.2, -0.15) is 0 Å². The van der Waals surface area contributed by atoms with Gasteiger partial charge in [-0.1, -0.05) is 0 Å². The van der Waals surface area contributed by atoms with Crippen molar-refractivity contribution in [1.29, 1.82) is 0 Å². The Hall–Kier alpha value is -0.610. The zero-order chi connectivity index (χ0) is 10.8. The van der Waals surface area contributed by atoms with E-state index >= 15 is 0 Å². The van der Waals surface area contributed by atoms with Crippen LogP contribution in [-0.2, 0) is 9.53 Å². The highest BCUT2D eigenvalue weighted by Gasteiger charge is 2.32. The third kappa shape index (κ3) is 2.69. The van der Waals surface area contributed by atoms with Crippen LogP contribution in [0.3, 0.4) is 0 Å². The van der Waals surface area contributed by atoms with E-state index in [0.717, 1.165) is 13.0 Å². The first-order chi connectivity index (χ1) is 6.44. The smallest absolute Gasteiger partial charge is 0.238 e. The van der Waals surface area contributed by atoms with Crippen molar-refractivity contribution in [3.05, 3.63) is 0 Å². The Morgan fingerprint density at radius 2 is 2.21 bits per heavy atom. The van der Waals surface area contributed by atoms with E-state index in [9.17, 15) is 4.79 Å². The summed E-state index contributed by atoms with van der Waals surface area (Å²) >= 11 is 0. The van der Waals surface area contributed by atoms with Crippen molar-refractivity contribution in [3.63, 3.8) is 0 Å². The van der Waals surface area contributed by atoms with Crippen LogP contribution in [0.15, 0.2) is 0 Å². The van der Waals surface area contributed by atoms with Crippen molar-refractivity contribution in [3.8, 4) is 0 Å². The molecule has 1 saturated heterocycles. The lowest BCUT2D eigenvalue weighted by Gasteiger charge is -2.29. The second kappa shape index (κ2) is 4.28. The molecule has 1 N–H and O–H groups in total. The van der Waals surface area contributed by atoms with Crippen LogP contribution in [0.5, 0.6) is 0 Å². The molecule has 1 aliphatic heterocycles. The molecule has 1 amide bonds. The van der Waals surface area contributed by atoms with Gasteiger partial charge in [0, 0.05) is 26.2 Å². The predicted octanol–water partition coefficient (Wildman–Crippen LogP) is 0.232. The van der Waals surface area contributed by atoms with Crippen molar-refractivity contribution < 1.29 is 9.53 Å². The van der Waals surface area contributed by atoms with Gasteiger partial charge in [0.25, 0.3) is 0 Å². The number of carbonyl (C=O) groups is 1. The fourth-order valence-electron chi connectivity index (χ4n) is 1.75. The van der Waals surface area contributed by atoms with Crippen LogP contribution < -0.4 is 5.32 Å². The van der Waals surface area contributed by atoms with Crippen LogP contribution in [0.4, 0.5) is 0 Å². The van der Waals surface area contributed by atoms with Gasteiger partial charge in [0.15, 0.2) is 0 Å². The lowest BCUT2D eigenvalue weighted by molar-refractivity contribution is -0.131. The molecule has 0 saturated carbocycles. The van der Waals surface area contributed by atoms with Crippen LogP contribution >= 0.6 is 0 Å². The van der Waals surface area contributed by atoms with Crippen LogP contribution in [0.2, 0.25) is 0 Å². The SMILES string of the molecule is CC(NC1(C)CCOC1)C(=O)N(C)C. The minimum absolute atomic E-state index is 0.0366. The molecule has 1 rings (SSSR count). The lowest BCUT2D eigenvalue weighted by Crippen LogP contribution is -2.53. The number of nitrogens with one attached hydrogen (secondary N) is 1. The Morgan fingerprint density at radius 3 is 2.64 bits per heavy atom. The van der Waals surface area contributed by atoms with E-state index in [-0.39, 0.29) is 17.5 Å². The molecule has 14 heavy (non-hydrogen) atoms. The normalized spacial score (nSPS) is 28.9.